The molecule has 0 bridgehead atoms. The Kier molecular flexibility index (Phi) is 4.62. The number of carbonyl (C=O) groups excluding carboxylic acids is 1. The fourth-order valence-electron chi connectivity index (χ4n) is 3.04. The highest BCUT2D eigenvalue weighted by atomic mass is 32.2. The summed E-state index contributed by atoms with van der Waals surface area (Å²) in [5.41, 5.74) is -4.79. The number of hydrogen-bond acceptors (Lipinski definition) is 5. The molecule has 2 aliphatic rings. The Bertz CT molecular complexity index is 705. The van der Waals surface area contributed by atoms with Crippen LogP contribution in [0.4, 0.5) is 13.2 Å². The fraction of sp³-hybridized carbons (Fsp3) is 0.615. The van der Waals surface area contributed by atoms with E-state index in [0.29, 0.717) is 16.5 Å². The van der Waals surface area contributed by atoms with Crippen molar-refractivity contribution in [1.29, 1.82) is 0 Å². The Morgan fingerprint density at radius 2 is 2.17 bits per heavy atom. The van der Waals surface area contributed by atoms with Gasteiger partial charge < -0.3 is 10.1 Å². The SMILES string of the molecule is O=C(NC[C@H]1CO[C@@H]2CN(S(=O)(=O)C(F)(F)F)C[C@H]12)c1ccsc1. The summed E-state index contributed by atoms with van der Waals surface area (Å²) >= 11 is 1.38. The number of halogens is 3. The predicted octanol–water partition coefficient (Wildman–Crippen LogP) is 1.27. The molecule has 3 rings (SSSR count). The van der Waals surface area contributed by atoms with Crippen LogP contribution in [0.25, 0.3) is 0 Å². The van der Waals surface area contributed by atoms with Gasteiger partial charge in [-0.05, 0) is 11.4 Å². The highest BCUT2D eigenvalue weighted by Gasteiger charge is 2.55. The quantitative estimate of drug-likeness (QED) is 0.849. The number of amides is 1. The van der Waals surface area contributed by atoms with E-state index in [9.17, 15) is 26.4 Å². The second-order valence-electron chi connectivity index (χ2n) is 5.79. The molecule has 1 aromatic heterocycles. The Hall–Kier alpha value is -1.17. The lowest BCUT2D eigenvalue weighted by Gasteiger charge is -2.20. The number of alkyl halides is 3. The lowest BCUT2D eigenvalue weighted by atomic mass is 9.93. The number of nitrogens with one attached hydrogen (secondary N) is 1. The third kappa shape index (κ3) is 3.17. The number of fused-ring (bicyclic) bond motifs is 1. The maximum absolute atomic E-state index is 12.6. The van der Waals surface area contributed by atoms with Gasteiger partial charge in [-0.15, -0.1) is 0 Å². The highest BCUT2D eigenvalue weighted by Crippen LogP contribution is 2.38. The van der Waals surface area contributed by atoms with Gasteiger partial charge in [-0.2, -0.15) is 28.8 Å². The van der Waals surface area contributed by atoms with E-state index in [2.05, 4.69) is 5.32 Å². The van der Waals surface area contributed by atoms with Gasteiger partial charge in [-0.1, -0.05) is 0 Å². The van der Waals surface area contributed by atoms with E-state index in [1.54, 1.807) is 16.8 Å². The summed E-state index contributed by atoms with van der Waals surface area (Å²) < 4.78 is 66.8. The minimum atomic E-state index is -5.34. The zero-order valence-electron chi connectivity index (χ0n) is 12.3. The molecule has 11 heteroatoms. The molecule has 2 fully saturated rings. The van der Waals surface area contributed by atoms with E-state index in [1.807, 2.05) is 0 Å². The molecule has 3 heterocycles. The molecular weight excluding hydrogens is 369 g/mol. The van der Waals surface area contributed by atoms with Crippen molar-refractivity contribution >= 4 is 27.3 Å². The molecule has 2 saturated heterocycles. The number of ether oxygens (including phenoxy) is 1. The second kappa shape index (κ2) is 6.28. The van der Waals surface area contributed by atoms with Crippen molar-refractivity contribution in [2.24, 2.45) is 11.8 Å². The van der Waals surface area contributed by atoms with Crippen molar-refractivity contribution in [1.82, 2.24) is 9.62 Å². The summed E-state index contributed by atoms with van der Waals surface area (Å²) in [6, 6.07) is 1.67. The molecule has 0 aromatic carbocycles. The molecule has 1 amide bonds. The van der Waals surface area contributed by atoms with Crippen molar-refractivity contribution in [3.8, 4) is 0 Å². The number of hydrogen-bond donors (Lipinski definition) is 1. The standard InChI is InChI=1S/C13H15F3N2O4S2/c14-13(15,16)24(20,21)18-4-10-9(6-22-11(10)5-18)3-17-12(19)8-1-2-23-7-8/h1-2,7,9-11H,3-6H2,(H,17,19)/t9-,10+,11+/m0/s1. The molecule has 0 aliphatic carbocycles. The molecule has 2 aliphatic heterocycles. The van der Waals surface area contributed by atoms with Crippen LogP contribution in [0.1, 0.15) is 10.4 Å². The molecule has 0 spiro atoms. The van der Waals surface area contributed by atoms with Crippen LogP contribution in [0.5, 0.6) is 0 Å². The molecule has 24 heavy (non-hydrogen) atoms. The van der Waals surface area contributed by atoms with Gasteiger partial charge in [0.05, 0.1) is 12.7 Å². The van der Waals surface area contributed by atoms with Crippen LogP contribution in [0.15, 0.2) is 16.8 Å². The lowest BCUT2D eigenvalue weighted by molar-refractivity contribution is -0.0488. The number of rotatable bonds is 4. The van der Waals surface area contributed by atoms with Gasteiger partial charge in [0.2, 0.25) is 0 Å². The van der Waals surface area contributed by atoms with Crippen LogP contribution in [0, 0.1) is 11.8 Å². The van der Waals surface area contributed by atoms with Gasteiger partial charge in [-0.25, -0.2) is 8.42 Å². The summed E-state index contributed by atoms with van der Waals surface area (Å²) in [5.74, 6) is -0.839. The van der Waals surface area contributed by atoms with Gasteiger partial charge in [0.15, 0.2) is 0 Å². The average molecular weight is 384 g/mol. The van der Waals surface area contributed by atoms with Crippen molar-refractivity contribution in [3.63, 3.8) is 0 Å². The first-order chi connectivity index (χ1) is 11.2. The topological polar surface area (TPSA) is 75.7 Å². The molecule has 3 atom stereocenters. The van der Waals surface area contributed by atoms with Crippen LogP contribution in [-0.2, 0) is 14.8 Å². The zero-order valence-corrected chi connectivity index (χ0v) is 14.0. The fourth-order valence-corrected chi connectivity index (χ4v) is 4.68. The van der Waals surface area contributed by atoms with Crippen LogP contribution < -0.4 is 5.32 Å². The normalized spacial score (nSPS) is 28.0. The van der Waals surface area contributed by atoms with E-state index >= 15 is 0 Å². The van der Waals surface area contributed by atoms with Gasteiger partial charge in [0.1, 0.15) is 0 Å². The van der Waals surface area contributed by atoms with Gasteiger partial charge in [0.25, 0.3) is 5.91 Å². The van der Waals surface area contributed by atoms with Crippen LogP contribution >= 0.6 is 11.3 Å². The molecular formula is C13H15F3N2O4S2. The van der Waals surface area contributed by atoms with Crippen molar-refractivity contribution in [2.75, 3.05) is 26.2 Å². The summed E-state index contributed by atoms with van der Waals surface area (Å²) in [5, 5.41) is 6.18. The first-order valence-electron chi connectivity index (χ1n) is 7.18. The van der Waals surface area contributed by atoms with Crippen LogP contribution in [0.3, 0.4) is 0 Å². The minimum Gasteiger partial charge on any atom is -0.376 e. The van der Waals surface area contributed by atoms with E-state index < -0.39 is 21.6 Å². The molecule has 1 N–H and O–H groups in total. The van der Waals surface area contributed by atoms with Gasteiger partial charge in [0, 0.05) is 42.4 Å². The van der Waals surface area contributed by atoms with E-state index in [-0.39, 0.29) is 37.4 Å². The number of nitrogens with zero attached hydrogens (tertiary/aromatic N) is 1. The Balaban J connectivity index is 1.61. The van der Waals surface area contributed by atoms with Crippen molar-refractivity contribution < 1.29 is 31.1 Å². The van der Waals surface area contributed by atoms with Gasteiger partial charge in [-0.3, -0.25) is 4.79 Å². The molecule has 1 aromatic rings. The van der Waals surface area contributed by atoms with Crippen LogP contribution in [-0.4, -0.2) is 56.5 Å². The highest BCUT2D eigenvalue weighted by molar-refractivity contribution is 7.90. The third-order valence-corrected chi connectivity index (χ3v) is 6.59. The summed E-state index contributed by atoms with van der Waals surface area (Å²) in [6.45, 7) is -0.0259. The first kappa shape index (κ1) is 17.6. The Morgan fingerprint density at radius 1 is 1.42 bits per heavy atom. The van der Waals surface area contributed by atoms with Crippen molar-refractivity contribution in [2.45, 2.75) is 11.6 Å². The minimum absolute atomic E-state index is 0.217. The Labute approximate surface area is 140 Å². The molecule has 134 valence electrons. The molecule has 0 unspecified atom stereocenters. The molecule has 0 radical (unpaired) electrons. The number of thiophene rings is 1. The average Bonchev–Trinajstić information content (AvgIpc) is 3.20. The summed E-state index contributed by atoms with van der Waals surface area (Å²) in [7, 11) is -5.34. The van der Waals surface area contributed by atoms with Gasteiger partial charge >= 0.3 is 15.5 Å². The first-order valence-corrected chi connectivity index (χ1v) is 9.57. The maximum Gasteiger partial charge on any atom is 0.511 e. The molecule has 0 saturated carbocycles. The van der Waals surface area contributed by atoms with E-state index in [4.69, 9.17) is 4.74 Å². The van der Waals surface area contributed by atoms with Crippen LogP contribution in [0.2, 0.25) is 0 Å². The van der Waals surface area contributed by atoms with E-state index in [0.717, 1.165) is 0 Å². The Morgan fingerprint density at radius 3 is 2.79 bits per heavy atom. The number of carbonyl (C=O) groups is 1. The largest absolute Gasteiger partial charge is 0.511 e. The summed E-state index contributed by atoms with van der Waals surface area (Å²) in [4.78, 5) is 11.9. The monoisotopic (exact) mass is 384 g/mol. The summed E-state index contributed by atoms with van der Waals surface area (Å²) in [6.07, 6.45) is -0.565. The maximum atomic E-state index is 12.6. The van der Waals surface area contributed by atoms with E-state index in [1.165, 1.54) is 11.3 Å². The lowest BCUT2D eigenvalue weighted by Crippen LogP contribution is -2.41. The predicted molar refractivity (Wildman–Crippen MR) is 79.9 cm³/mol. The number of sulfonamides is 1. The zero-order chi connectivity index (χ0) is 17.5. The second-order valence-corrected chi connectivity index (χ2v) is 8.50. The third-order valence-electron chi connectivity index (χ3n) is 4.35. The smallest absolute Gasteiger partial charge is 0.376 e. The van der Waals surface area contributed by atoms with Crippen molar-refractivity contribution in [3.05, 3.63) is 22.4 Å². The molecule has 6 nitrogen and oxygen atoms in total.